The van der Waals surface area contributed by atoms with Crippen LogP contribution in [-0.2, 0) is 27.2 Å². The minimum absolute atomic E-state index is 0.105. The van der Waals surface area contributed by atoms with Gasteiger partial charge in [-0.15, -0.1) is 11.6 Å². The second-order valence-electron chi connectivity index (χ2n) is 5.33. The van der Waals surface area contributed by atoms with Crippen molar-refractivity contribution in [3.05, 3.63) is 29.3 Å². The highest BCUT2D eigenvalue weighted by Gasteiger charge is 2.22. The maximum absolute atomic E-state index is 12.2. The first-order valence-electron chi connectivity index (χ1n) is 7.59. The van der Waals surface area contributed by atoms with Crippen molar-refractivity contribution in [3.63, 3.8) is 0 Å². The van der Waals surface area contributed by atoms with Crippen molar-refractivity contribution < 1.29 is 14.3 Å². The predicted octanol–water partition coefficient (Wildman–Crippen LogP) is 3.54. The first kappa shape index (κ1) is 18.5. The van der Waals surface area contributed by atoms with Crippen LogP contribution in [0, 0.1) is 5.92 Å². The summed E-state index contributed by atoms with van der Waals surface area (Å²) >= 11 is 5.73. The van der Waals surface area contributed by atoms with E-state index < -0.39 is 0 Å². The lowest BCUT2D eigenvalue weighted by Crippen LogP contribution is -2.37. The normalized spacial score (nSPS) is 10.6. The molecule has 0 aliphatic rings. The predicted molar refractivity (Wildman–Crippen MR) is 89.2 cm³/mol. The standard InChI is InChI=1S/C17H24ClNO3/c1-5-13-8-7-9-14(6-2)16(13)19(15(20)10-18)11-22-17(21)12(3)4/h7-9,12H,5-6,10-11H2,1-4H3. The molecule has 0 fully saturated rings. The lowest BCUT2D eigenvalue weighted by atomic mass is 10.0. The Labute approximate surface area is 137 Å². The summed E-state index contributed by atoms with van der Waals surface area (Å²) in [6.45, 7) is 7.47. The molecule has 0 bridgehead atoms. The highest BCUT2D eigenvalue weighted by Crippen LogP contribution is 2.27. The van der Waals surface area contributed by atoms with Gasteiger partial charge in [-0.2, -0.15) is 0 Å². The van der Waals surface area contributed by atoms with Crippen LogP contribution in [0.5, 0.6) is 0 Å². The smallest absolute Gasteiger partial charge is 0.310 e. The summed E-state index contributed by atoms with van der Waals surface area (Å²) in [5.74, 6) is -0.992. The number of carbonyl (C=O) groups is 2. The molecule has 0 aliphatic carbocycles. The highest BCUT2D eigenvalue weighted by atomic mass is 35.5. The van der Waals surface area contributed by atoms with Crippen LogP contribution in [0.4, 0.5) is 5.69 Å². The number of para-hydroxylation sites is 1. The number of rotatable bonds is 7. The van der Waals surface area contributed by atoms with Crippen LogP contribution in [0.3, 0.4) is 0 Å². The molecule has 0 saturated carbocycles. The van der Waals surface area contributed by atoms with E-state index in [9.17, 15) is 9.59 Å². The number of halogens is 1. The third-order valence-electron chi connectivity index (χ3n) is 3.46. The highest BCUT2D eigenvalue weighted by molar-refractivity contribution is 6.29. The summed E-state index contributed by atoms with van der Waals surface area (Å²) in [6.07, 6.45) is 1.57. The Morgan fingerprint density at radius 1 is 1.18 bits per heavy atom. The summed E-state index contributed by atoms with van der Waals surface area (Å²) in [7, 11) is 0. The SMILES string of the molecule is CCc1cccc(CC)c1N(COC(=O)C(C)C)C(=O)CCl. The molecule has 0 radical (unpaired) electrons. The number of esters is 1. The zero-order valence-corrected chi connectivity index (χ0v) is 14.4. The van der Waals surface area contributed by atoms with E-state index in [1.807, 2.05) is 32.0 Å². The fourth-order valence-corrected chi connectivity index (χ4v) is 2.33. The van der Waals surface area contributed by atoms with Crippen molar-refractivity contribution in [2.75, 3.05) is 17.5 Å². The van der Waals surface area contributed by atoms with E-state index >= 15 is 0 Å². The zero-order chi connectivity index (χ0) is 16.7. The van der Waals surface area contributed by atoms with E-state index in [1.165, 1.54) is 4.90 Å². The number of hydrogen-bond acceptors (Lipinski definition) is 3. The molecular formula is C17H24ClNO3. The van der Waals surface area contributed by atoms with E-state index in [2.05, 4.69) is 0 Å². The quantitative estimate of drug-likeness (QED) is 0.437. The molecule has 1 rings (SSSR count). The summed E-state index contributed by atoms with van der Waals surface area (Å²) in [5, 5.41) is 0. The molecule has 0 aliphatic heterocycles. The second-order valence-corrected chi connectivity index (χ2v) is 5.60. The molecule has 1 amide bonds. The number of amides is 1. The molecule has 0 spiro atoms. The molecule has 0 N–H and O–H groups in total. The Hall–Kier alpha value is -1.55. The molecule has 122 valence electrons. The van der Waals surface area contributed by atoms with Gasteiger partial charge in [0.25, 0.3) is 0 Å². The topological polar surface area (TPSA) is 46.6 Å². The van der Waals surface area contributed by atoms with Gasteiger partial charge in [-0.25, -0.2) is 0 Å². The lowest BCUT2D eigenvalue weighted by molar-refractivity contribution is -0.147. The van der Waals surface area contributed by atoms with Crippen LogP contribution in [0.15, 0.2) is 18.2 Å². The first-order valence-corrected chi connectivity index (χ1v) is 8.13. The summed E-state index contributed by atoms with van der Waals surface area (Å²) < 4.78 is 5.25. The first-order chi connectivity index (χ1) is 10.5. The maximum Gasteiger partial charge on any atom is 0.310 e. The van der Waals surface area contributed by atoms with E-state index in [-0.39, 0.29) is 30.4 Å². The number of ether oxygens (including phenoxy) is 1. The lowest BCUT2D eigenvalue weighted by Gasteiger charge is -2.26. The van der Waals surface area contributed by atoms with E-state index in [0.29, 0.717) is 0 Å². The molecule has 1 aromatic carbocycles. The van der Waals surface area contributed by atoms with E-state index in [1.54, 1.807) is 13.8 Å². The molecule has 0 unspecified atom stereocenters. The summed E-state index contributed by atoms with van der Waals surface area (Å²) in [6, 6.07) is 5.94. The van der Waals surface area contributed by atoms with Crippen LogP contribution < -0.4 is 4.90 Å². The second kappa shape index (κ2) is 8.79. The van der Waals surface area contributed by atoms with Crippen molar-refractivity contribution in [2.45, 2.75) is 40.5 Å². The number of anilines is 1. The molecule has 22 heavy (non-hydrogen) atoms. The summed E-state index contributed by atoms with van der Waals surface area (Å²) in [5.41, 5.74) is 2.89. The molecule has 5 heteroatoms. The fourth-order valence-electron chi connectivity index (χ4n) is 2.19. The Kier molecular flexibility index (Phi) is 7.39. The monoisotopic (exact) mass is 325 g/mol. The van der Waals surface area contributed by atoms with Crippen LogP contribution in [0.1, 0.15) is 38.8 Å². The number of nitrogens with zero attached hydrogens (tertiary/aromatic N) is 1. The van der Waals surface area contributed by atoms with Gasteiger partial charge in [0, 0.05) is 0 Å². The van der Waals surface area contributed by atoms with Crippen LogP contribution >= 0.6 is 11.6 Å². The van der Waals surface area contributed by atoms with Gasteiger partial charge in [0.05, 0.1) is 11.6 Å². The Bertz CT molecular complexity index is 506. The van der Waals surface area contributed by atoms with Crippen molar-refractivity contribution in [2.24, 2.45) is 5.92 Å². The van der Waals surface area contributed by atoms with Crippen molar-refractivity contribution in [3.8, 4) is 0 Å². The number of alkyl halides is 1. The average Bonchev–Trinajstić information content (AvgIpc) is 2.53. The zero-order valence-electron chi connectivity index (χ0n) is 13.7. The minimum atomic E-state index is -0.334. The van der Waals surface area contributed by atoms with Gasteiger partial charge in [0.15, 0.2) is 6.73 Å². The average molecular weight is 326 g/mol. The molecule has 0 saturated heterocycles. The van der Waals surface area contributed by atoms with E-state index in [0.717, 1.165) is 29.7 Å². The molecule has 0 aromatic heterocycles. The Balaban J connectivity index is 3.17. The third kappa shape index (κ3) is 4.47. The molecular weight excluding hydrogens is 302 g/mol. The Morgan fingerprint density at radius 2 is 1.73 bits per heavy atom. The minimum Gasteiger partial charge on any atom is -0.444 e. The largest absolute Gasteiger partial charge is 0.444 e. The van der Waals surface area contributed by atoms with E-state index in [4.69, 9.17) is 16.3 Å². The Morgan fingerprint density at radius 3 is 2.14 bits per heavy atom. The van der Waals surface area contributed by atoms with Gasteiger partial charge in [0.2, 0.25) is 5.91 Å². The molecule has 1 aromatic rings. The van der Waals surface area contributed by atoms with Crippen LogP contribution in [0.25, 0.3) is 0 Å². The fraction of sp³-hybridized carbons (Fsp3) is 0.529. The number of benzene rings is 1. The van der Waals surface area contributed by atoms with Gasteiger partial charge >= 0.3 is 5.97 Å². The van der Waals surface area contributed by atoms with Crippen molar-refractivity contribution in [1.82, 2.24) is 0 Å². The van der Waals surface area contributed by atoms with Gasteiger partial charge in [-0.1, -0.05) is 45.9 Å². The molecule has 0 heterocycles. The molecule has 0 atom stereocenters. The summed E-state index contributed by atoms with van der Waals surface area (Å²) in [4.78, 5) is 25.4. The van der Waals surface area contributed by atoms with Crippen LogP contribution in [0.2, 0.25) is 0 Å². The van der Waals surface area contributed by atoms with Gasteiger partial charge in [-0.3, -0.25) is 14.5 Å². The van der Waals surface area contributed by atoms with Gasteiger partial charge in [0.1, 0.15) is 5.88 Å². The van der Waals surface area contributed by atoms with Crippen molar-refractivity contribution >= 4 is 29.2 Å². The number of carbonyl (C=O) groups excluding carboxylic acids is 2. The van der Waals surface area contributed by atoms with Crippen molar-refractivity contribution in [1.29, 1.82) is 0 Å². The number of hydrogen-bond donors (Lipinski definition) is 0. The third-order valence-corrected chi connectivity index (χ3v) is 3.69. The maximum atomic E-state index is 12.2. The number of aryl methyl sites for hydroxylation is 2. The van der Waals surface area contributed by atoms with Crippen LogP contribution in [-0.4, -0.2) is 24.5 Å². The molecule has 4 nitrogen and oxygen atoms in total. The van der Waals surface area contributed by atoms with Gasteiger partial charge in [-0.05, 0) is 24.0 Å². The van der Waals surface area contributed by atoms with Gasteiger partial charge < -0.3 is 4.74 Å².